The van der Waals surface area contributed by atoms with E-state index in [9.17, 15) is 0 Å². The van der Waals surface area contributed by atoms with Gasteiger partial charge in [0.05, 0.1) is 14.2 Å². The van der Waals surface area contributed by atoms with Crippen molar-refractivity contribution in [2.45, 2.75) is 58.7 Å². The Kier molecular flexibility index (Phi) is 9.39. The number of aromatic nitrogens is 3. The van der Waals surface area contributed by atoms with E-state index in [1.165, 1.54) is 31.2 Å². The van der Waals surface area contributed by atoms with E-state index in [0.717, 1.165) is 34.7 Å². The number of ether oxygens (including phenoxy) is 2. The van der Waals surface area contributed by atoms with Crippen LogP contribution in [0.5, 0.6) is 11.5 Å². The van der Waals surface area contributed by atoms with E-state index >= 15 is 0 Å². The summed E-state index contributed by atoms with van der Waals surface area (Å²) in [5.74, 6) is 4.12. The fourth-order valence-electron chi connectivity index (χ4n) is 3.79. The molecule has 1 aromatic carbocycles. The van der Waals surface area contributed by atoms with Crippen LogP contribution in [0.4, 0.5) is 0 Å². The van der Waals surface area contributed by atoms with Crippen LogP contribution in [-0.4, -0.2) is 52.9 Å². The third-order valence-corrected chi connectivity index (χ3v) is 5.85. The quantitative estimate of drug-likeness (QED) is 0.328. The number of guanidine groups is 1. The van der Waals surface area contributed by atoms with Crippen molar-refractivity contribution in [3.05, 3.63) is 34.9 Å². The highest BCUT2D eigenvalue weighted by Gasteiger charge is 2.19. The van der Waals surface area contributed by atoms with Gasteiger partial charge < -0.3 is 24.3 Å². The first-order valence-corrected chi connectivity index (χ1v) is 10.5. The molecule has 8 nitrogen and oxygen atoms in total. The van der Waals surface area contributed by atoms with E-state index in [0.29, 0.717) is 19.1 Å². The molecular formula is C22H35IN6O2. The smallest absolute Gasteiger partial charge is 0.194 e. The normalized spacial score (nSPS) is 14.3. The first kappa shape index (κ1) is 25.2. The van der Waals surface area contributed by atoms with E-state index in [1.807, 2.05) is 30.7 Å². The maximum atomic E-state index is 5.50. The average Bonchev–Trinajstić information content (AvgIpc) is 3.36. The van der Waals surface area contributed by atoms with Crippen molar-refractivity contribution in [1.29, 1.82) is 0 Å². The van der Waals surface area contributed by atoms with Gasteiger partial charge in [0.15, 0.2) is 23.3 Å². The van der Waals surface area contributed by atoms with Crippen molar-refractivity contribution in [1.82, 2.24) is 25.0 Å². The van der Waals surface area contributed by atoms with Crippen LogP contribution in [0.15, 0.2) is 17.1 Å². The molecule has 0 amide bonds. The molecule has 1 fully saturated rings. The first-order valence-electron chi connectivity index (χ1n) is 10.5. The maximum Gasteiger partial charge on any atom is 0.194 e. The number of methoxy groups -OCH3 is 2. The van der Waals surface area contributed by atoms with Crippen molar-refractivity contribution < 1.29 is 9.47 Å². The molecule has 0 radical (unpaired) electrons. The average molecular weight is 542 g/mol. The van der Waals surface area contributed by atoms with Gasteiger partial charge in [-0.05, 0) is 49.9 Å². The third kappa shape index (κ3) is 6.24. The molecule has 0 unspecified atom stereocenters. The Balaban J connectivity index is 0.00000341. The lowest BCUT2D eigenvalue weighted by atomic mass is 10.1. The Morgan fingerprint density at radius 1 is 1.16 bits per heavy atom. The Morgan fingerprint density at radius 3 is 2.39 bits per heavy atom. The molecule has 1 aromatic heterocycles. The Hall–Kier alpha value is -2.04. The lowest BCUT2D eigenvalue weighted by molar-refractivity contribution is 0.353. The molecule has 0 bridgehead atoms. The molecule has 1 heterocycles. The number of benzene rings is 1. The van der Waals surface area contributed by atoms with Gasteiger partial charge in [0.25, 0.3) is 0 Å². The van der Waals surface area contributed by atoms with Crippen LogP contribution in [0.2, 0.25) is 0 Å². The summed E-state index contributed by atoms with van der Waals surface area (Å²) in [6, 6.07) is 4.54. The number of aliphatic imine (C=N–C) groups is 1. The molecule has 172 valence electrons. The molecule has 1 aliphatic carbocycles. The van der Waals surface area contributed by atoms with E-state index < -0.39 is 0 Å². The van der Waals surface area contributed by atoms with Gasteiger partial charge in [-0.1, -0.05) is 12.8 Å². The fraction of sp³-hybridized carbons (Fsp3) is 0.591. The SMILES string of the molecule is COc1cc(C)c(CN(C)C(=NCc2nnc(C)n2C)NC2CCCC2)cc1OC.I. The summed E-state index contributed by atoms with van der Waals surface area (Å²) in [5.41, 5.74) is 2.33. The summed E-state index contributed by atoms with van der Waals surface area (Å²) in [7, 11) is 7.37. The topological polar surface area (TPSA) is 76.8 Å². The molecule has 0 spiro atoms. The monoisotopic (exact) mass is 542 g/mol. The Bertz CT molecular complexity index is 892. The zero-order valence-electron chi connectivity index (χ0n) is 19.4. The van der Waals surface area contributed by atoms with Crippen molar-refractivity contribution in [2.24, 2.45) is 12.0 Å². The van der Waals surface area contributed by atoms with E-state index in [1.54, 1.807) is 14.2 Å². The molecule has 0 aliphatic heterocycles. The van der Waals surface area contributed by atoms with Crippen molar-refractivity contribution >= 4 is 29.9 Å². The Morgan fingerprint density at radius 2 is 1.81 bits per heavy atom. The maximum absolute atomic E-state index is 5.50. The molecular weight excluding hydrogens is 507 g/mol. The van der Waals surface area contributed by atoms with Crippen LogP contribution in [0.1, 0.15) is 48.5 Å². The van der Waals surface area contributed by atoms with Gasteiger partial charge in [-0.25, -0.2) is 4.99 Å². The van der Waals surface area contributed by atoms with Crippen LogP contribution in [0, 0.1) is 13.8 Å². The number of hydrogen-bond acceptors (Lipinski definition) is 5. The van der Waals surface area contributed by atoms with Crippen molar-refractivity contribution in [3.8, 4) is 11.5 Å². The van der Waals surface area contributed by atoms with E-state index in [-0.39, 0.29) is 24.0 Å². The minimum atomic E-state index is 0. The van der Waals surface area contributed by atoms with Crippen LogP contribution in [0.3, 0.4) is 0 Å². The summed E-state index contributed by atoms with van der Waals surface area (Å²) >= 11 is 0. The van der Waals surface area contributed by atoms with Crippen molar-refractivity contribution in [3.63, 3.8) is 0 Å². The molecule has 31 heavy (non-hydrogen) atoms. The summed E-state index contributed by atoms with van der Waals surface area (Å²) < 4.78 is 12.9. The lowest BCUT2D eigenvalue weighted by Crippen LogP contribution is -2.43. The zero-order chi connectivity index (χ0) is 21.7. The predicted octanol–water partition coefficient (Wildman–Crippen LogP) is 3.59. The molecule has 0 saturated heterocycles. The second kappa shape index (κ2) is 11.5. The van der Waals surface area contributed by atoms with Gasteiger partial charge in [0, 0.05) is 26.7 Å². The molecule has 9 heteroatoms. The zero-order valence-corrected chi connectivity index (χ0v) is 21.8. The summed E-state index contributed by atoms with van der Waals surface area (Å²) in [6.07, 6.45) is 4.91. The molecule has 0 atom stereocenters. The minimum Gasteiger partial charge on any atom is -0.493 e. The highest BCUT2D eigenvalue weighted by atomic mass is 127. The second-order valence-corrected chi connectivity index (χ2v) is 7.98. The number of halogens is 1. The largest absolute Gasteiger partial charge is 0.493 e. The first-order chi connectivity index (χ1) is 14.4. The summed E-state index contributed by atoms with van der Waals surface area (Å²) in [6.45, 7) is 5.24. The van der Waals surface area contributed by atoms with Gasteiger partial charge in [0.2, 0.25) is 0 Å². The molecule has 1 saturated carbocycles. The molecule has 2 aromatic rings. The number of hydrogen-bond donors (Lipinski definition) is 1. The second-order valence-electron chi connectivity index (χ2n) is 7.98. The summed E-state index contributed by atoms with van der Waals surface area (Å²) in [4.78, 5) is 7.05. The van der Waals surface area contributed by atoms with Crippen LogP contribution in [0.25, 0.3) is 0 Å². The van der Waals surface area contributed by atoms with Gasteiger partial charge >= 0.3 is 0 Å². The van der Waals surface area contributed by atoms with E-state index in [2.05, 4.69) is 34.4 Å². The van der Waals surface area contributed by atoms with Crippen molar-refractivity contribution in [2.75, 3.05) is 21.3 Å². The number of nitrogens with one attached hydrogen (secondary N) is 1. The fourth-order valence-corrected chi connectivity index (χ4v) is 3.79. The third-order valence-electron chi connectivity index (χ3n) is 5.85. The van der Waals surface area contributed by atoms with Crippen LogP contribution < -0.4 is 14.8 Å². The highest BCUT2D eigenvalue weighted by molar-refractivity contribution is 14.0. The lowest BCUT2D eigenvalue weighted by Gasteiger charge is -2.26. The van der Waals surface area contributed by atoms with Crippen LogP contribution in [-0.2, 0) is 20.1 Å². The highest BCUT2D eigenvalue weighted by Crippen LogP contribution is 2.30. The van der Waals surface area contributed by atoms with Gasteiger partial charge in [-0.2, -0.15) is 0 Å². The number of aryl methyl sites for hydroxylation is 2. The summed E-state index contributed by atoms with van der Waals surface area (Å²) in [5, 5.41) is 12.1. The van der Waals surface area contributed by atoms with Gasteiger partial charge in [0.1, 0.15) is 12.4 Å². The van der Waals surface area contributed by atoms with Gasteiger partial charge in [-0.15, -0.1) is 34.2 Å². The Labute approximate surface area is 202 Å². The van der Waals surface area contributed by atoms with Crippen LogP contribution >= 0.6 is 24.0 Å². The standard InChI is InChI=1S/C22H34N6O2.HI/c1-15-11-19(29-5)20(30-6)12-17(15)14-27(3)22(24-18-9-7-8-10-18)23-13-21-26-25-16(2)28(21)4;/h11-12,18H,7-10,13-14H2,1-6H3,(H,23,24);1H. The molecule has 1 N–H and O–H groups in total. The number of rotatable bonds is 7. The molecule has 3 rings (SSSR count). The number of nitrogens with zero attached hydrogens (tertiary/aromatic N) is 5. The molecule has 1 aliphatic rings. The predicted molar refractivity (Wildman–Crippen MR) is 133 cm³/mol. The van der Waals surface area contributed by atoms with E-state index in [4.69, 9.17) is 14.5 Å². The van der Waals surface area contributed by atoms with Gasteiger partial charge in [-0.3, -0.25) is 0 Å². The minimum absolute atomic E-state index is 0.